The maximum absolute atomic E-state index is 13.5. The third-order valence-corrected chi connectivity index (χ3v) is 6.16. The van der Waals surface area contributed by atoms with E-state index in [-0.39, 0.29) is 18.1 Å². The minimum atomic E-state index is -0.312. The van der Waals surface area contributed by atoms with Crippen LogP contribution in [-0.4, -0.2) is 31.3 Å². The van der Waals surface area contributed by atoms with Crippen molar-refractivity contribution in [3.63, 3.8) is 0 Å². The minimum Gasteiger partial charge on any atom is -0.336 e. The van der Waals surface area contributed by atoms with E-state index in [0.29, 0.717) is 11.6 Å². The van der Waals surface area contributed by atoms with Crippen LogP contribution in [0, 0.1) is 6.92 Å². The SMILES string of the molecule is Cc1nn(-c2ccccc2)c2c1CN(C(=O)NC(C)C)[C@H](c1cccc(Cl)c1)c1cccn1-2. The van der Waals surface area contributed by atoms with Crippen molar-refractivity contribution in [2.45, 2.75) is 39.4 Å². The van der Waals surface area contributed by atoms with Crippen LogP contribution in [0.2, 0.25) is 5.02 Å². The van der Waals surface area contributed by atoms with Gasteiger partial charge >= 0.3 is 6.03 Å². The Morgan fingerprint density at radius 1 is 1.09 bits per heavy atom. The van der Waals surface area contributed by atoms with Crippen molar-refractivity contribution < 1.29 is 4.79 Å². The molecule has 168 valence electrons. The van der Waals surface area contributed by atoms with Gasteiger partial charge in [0, 0.05) is 22.8 Å². The van der Waals surface area contributed by atoms with E-state index in [2.05, 4.69) is 16.0 Å². The molecule has 0 bridgehead atoms. The van der Waals surface area contributed by atoms with Gasteiger partial charge in [-0.05, 0) is 62.7 Å². The van der Waals surface area contributed by atoms with E-state index < -0.39 is 0 Å². The molecule has 0 saturated heterocycles. The fraction of sp³-hybridized carbons (Fsp3) is 0.231. The molecule has 2 amide bonds. The van der Waals surface area contributed by atoms with E-state index >= 15 is 0 Å². The number of rotatable bonds is 3. The molecular weight excluding hydrogens is 434 g/mol. The number of aromatic nitrogens is 3. The molecular formula is C26H26ClN5O. The molecule has 6 nitrogen and oxygen atoms in total. The number of nitrogens with one attached hydrogen (secondary N) is 1. The molecule has 0 fully saturated rings. The molecule has 0 unspecified atom stereocenters. The van der Waals surface area contributed by atoms with Gasteiger partial charge in [0.2, 0.25) is 0 Å². The van der Waals surface area contributed by atoms with Gasteiger partial charge in [0.1, 0.15) is 5.82 Å². The largest absolute Gasteiger partial charge is 0.336 e. The summed E-state index contributed by atoms with van der Waals surface area (Å²) in [5.74, 6) is 0.950. The van der Waals surface area contributed by atoms with Crippen LogP contribution < -0.4 is 5.32 Å². The van der Waals surface area contributed by atoms with Crippen LogP contribution in [-0.2, 0) is 6.54 Å². The number of aryl methyl sites for hydroxylation is 1. The predicted octanol–water partition coefficient (Wildman–Crippen LogP) is 5.65. The van der Waals surface area contributed by atoms with Gasteiger partial charge < -0.3 is 14.8 Å². The van der Waals surface area contributed by atoms with Gasteiger partial charge in [0.15, 0.2) is 0 Å². The van der Waals surface area contributed by atoms with E-state index in [4.69, 9.17) is 16.7 Å². The number of para-hydroxylation sites is 1. The molecule has 0 aliphatic carbocycles. The third-order valence-electron chi connectivity index (χ3n) is 5.92. The normalized spacial score (nSPS) is 15.2. The van der Waals surface area contributed by atoms with Gasteiger partial charge in [0.05, 0.1) is 29.7 Å². The second-order valence-electron chi connectivity index (χ2n) is 8.63. The Morgan fingerprint density at radius 3 is 2.61 bits per heavy atom. The quantitative estimate of drug-likeness (QED) is 0.430. The molecule has 0 spiro atoms. The summed E-state index contributed by atoms with van der Waals surface area (Å²) >= 11 is 6.38. The van der Waals surface area contributed by atoms with Gasteiger partial charge in [-0.1, -0.05) is 41.9 Å². The molecule has 2 aromatic heterocycles. The lowest BCUT2D eigenvalue weighted by molar-refractivity contribution is 0.178. The number of carbonyl (C=O) groups is 1. The summed E-state index contributed by atoms with van der Waals surface area (Å²) in [4.78, 5) is 15.4. The van der Waals surface area contributed by atoms with Gasteiger partial charge in [-0.3, -0.25) is 0 Å². The molecule has 3 heterocycles. The van der Waals surface area contributed by atoms with E-state index in [1.165, 1.54) is 0 Å². The first-order valence-corrected chi connectivity index (χ1v) is 11.5. The van der Waals surface area contributed by atoms with Crippen LogP contribution in [0.15, 0.2) is 72.9 Å². The predicted molar refractivity (Wildman–Crippen MR) is 130 cm³/mol. The zero-order chi connectivity index (χ0) is 23.1. The topological polar surface area (TPSA) is 55.1 Å². The fourth-order valence-electron chi connectivity index (χ4n) is 4.51. The van der Waals surface area contributed by atoms with Crippen molar-refractivity contribution in [3.05, 3.63) is 100 Å². The number of amides is 2. The van der Waals surface area contributed by atoms with Crippen LogP contribution in [0.5, 0.6) is 0 Å². The number of nitrogens with zero attached hydrogens (tertiary/aromatic N) is 4. The highest BCUT2D eigenvalue weighted by molar-refractivity contribution is 6.30. The van der Waals surface area contributed by atoms with Crippen LogP contribution in [0.25, 0.3) is 11.5 Å². The lowest BCUT2D eigenvalue weighted by Crippen LogP contribution is -2.44. The van der Waals surface area contributed by atoms with Gasteiger partial charge in [-0.15, -0.1) is 0 Å². The number of hydrogen-bond acceptors (Lipinski definition) is 2. The van der Waals surface area contributed by atoms with Gasteiger partial charge in [-0.2, -0.15) is 5.10 Å². The molecule has 4 aromatic rings. The number of urea groups is 1. The van der Waals surface area contributed by atoms with Crippen LogP contribution >= 0.6 is 11.6 Å². The first-order valence-electron chi connectivity index (χ1n) is 11.1. The van der Waals surface area contributed by atoms with E-state index in [0.717, 1.165) is 34.0 Å². The van der Waals surface area contributed by atoms with E-state index in [1.807, 2.05) is 97.2 Å². The number of fused-ring (bicyclic) bond motifs is 3. The Kier molecular flexibility index (Phi) is 5.46. The number of carbonyl (C=O) groups excluding carboxylic acids is 1. The van der Waals surface area contributed by atoms with Gasteiger partial charge in [0.25, 0.3) is 0 Å². The smallest absolute Gasteiger partial charge is 0.318 e. The highest BCUT2D eigenvalue weighted by Gasteiger charge is 2.36. The first-order chi connectivity index (χ1) is 15.9. The summed E-state index contributed by atoms with van der Waals surface area (Å²) in [6, 6.07) is 21.5. The molecule has 7 heteroatoms. The lowest BCUT2D eigenvalue weighted by atomic mass is 10.0. The summed E-state index contributed by atoms with van der Waals surface area (Å²) in [5, 5.41) is 8.59. The van der Waals surface area contributed by atoms with Crippen LogP contribution in [0.4, 0.5) is 4.79 Å². The maximum Gasteiger partial charge on any atom is 0.318 e. The minimum absolute atomic E-state index is 0.0140. The van der Waals surface area contributed by atoms with Crippen molar-refractivity contribution in [1.82, 2.24) is 24.6 Å². The Hall–Kier alpha value is -3.51. The zero-order valence-corrected chi connectivity index (χ0v) is 19.6. The molecule has 1 N–H and O–H groups in total. The summed E-state index contributed by atoms with van der Waals surface area (Å²) in [5.41, 5.74) is 4.82. The monoisotopic (exact) mass is 459 g/mol. The molecule has 2 aromatic carbocycles. The van der Waals surface area contributed by atoms with Crippen LogP contribution in [0.3, 0.4) is 0 Å². The van der Waals surface area contributed by atoms with E-state index in [1.54, 1.807) is 0 Å². The number of benzene rings is 2. The molecule has 1 aliphatic rings. The Labute approximate surface area is 198 Å². The zero-order valence-electron chi connectivity index (χ0n) is 18.9. The van der Waals surface area contributed by atoms with Crippen molar-refractivity contribution in [1.29, 1.82) is 0 Å². The maximum atomic E-state index is 13.5. The highest BCUT2D eigenvalue weighted by atomic mass is 35.5. The van der Waals surface area contributed by atoms with Crippen molar-refractivity contribution in [2.24, 2.45) is 0 Å². The lowest BCUT2D eigenvalue weighted by Gasteiger charge is -2.31. The standard InChI is InChI=1S/C26H26ClN5O/c1-17(2)28-26(33)31-16-22-18(3)29-32(21-11-5-4-6-12-21)25(22)30-14-8-13-23(30)24(31)19-9-7-10-20(27)15-19/h4-15,17,24H,16H2,1-3H3,(H,28,33)/t24-/m1/s1. The average molecular weight is 460 g/mol. The third kappa shape index (κ3) is 3.80. The van der Waals surface area contributed by atoms with Crippen LogP contribution in [0.1, 0.15) is 42.4 Å². The molecule has 1 aliphatic heterocycles. The van der Waals surface area contributed by atoms with Crippen molar-refractivity contribution in [3.8, 4) is 11.5 Å². The number of halogens is 1. The summed E-state index contributed by atoms with van der Waals surface area (Å²) in [7, 11) is 0. The Morgan fingerprint density at radius 2 is 1.88 bits per heavy atom. The Bertz CT molecular complexity index is 1310. The molecule has 0 saturated carbocycles. The molecule has 0 radical (unpaired) electrons. The fourth-order valence-corrected chi connectivity index (χ4v) is 4.71. The summed E-state index contributed by atoms with van der Waals surface area (Å²) in [6.45, 7) is 6.36. The first kappa shape index (κ1) is 21.3. The Balaban J connectivity index is 1.75. The summed E-state index contributed by atoms with van der Waals surface area (Å²) in [6.07, 6.45) is 2.04. The van der Waals surface area contributed by atoms with Gasteiger partial charge in [-0.25, -0.2) is 9.48 Å². The molecule has 1 atom stereocenters. The van der Waals surface area contributed by atoms with E-state index in [9.17, 15) is 4.79 Å². The number of hydrogen-bond donors (Lipinski definition) is 1. The van der Waals surface area contributed by atoms with Crippen molar-refractivity contribution in [2.75, 3.05) is 0 Å². The highest BCUT2D eigenvalue weighted by Crippen LogP contribution is 2.38. The summed E-state index contributed by atoms with van der Waals surface area (Å²) < 4.78 is 4.11. The second-order valence-corrected chi connectivity index (χ2v) is 9.06. The second kappa shape index (κ2) is 8.45. The molecule has 33 heavy (non-hydrogen) atoms. The van der Waals surface area contributed by atoms with Crippen molar-refractivity contribution >= 4 is 17.6 Å². The average Bonchev–Trinajstić information content (AvgIpc) is 3.34. The molecule has 5 rings (SSSR count).